The highest BCUT2D eigenvalue weighted by Gasteiger charge is 2.07. The van der Waals surface area contributed by atoms with Crippen LogP contribution in [-0.2, 0) is 0 Å². The van der Waals surface area contributed by atoms with E-state index < -0.39 is 0 Å². The fourth-order valence-corrected chi connectivity index (χ4v) is 2.79. The zero-order valence-electron chi connectivity index (χ0n) is 12.9. The fraction of sp³-hybridized carbons (Fsp3) is 0.222. The lowest BCUT2D eigenvalue weighted by Gasteiger charge is -2.08. The summed E-state index contributed by atoms with van der Waals surface area (Å²) in [6.07, 6.45) is 0. The van der Waals surface area contributed by atoms with Crippen molar-refractivity contribution in [2.75, 3.05) is 5.32 Å². The fourth-order valence-electron chi connectivity index (χ4n) is 1.95. The van der Waals surface area contributed by atoms with Crippen LogP contribution < -0.4 is 5.32 Å². The Morgan fingerprint density at radius 3 is 1.95 bits per heavy atom. The monoisotopic (exact) mass is 313 g/mol. The second-order valence-corrected chi connectivity index (χ2v) is 6.93. The molecule has 0 spiro atoms. The second kappa shape index (κ2) is 7.27. The van der Waals surface area contributed by atoms with Crippen molar-refractivity contribution >= 4 is 29.1 Å². The molecule has 0 aliphatic heterocycles. The maximum absolute atomic E-state index is 12.2. The Bertz CT molecular complexity index is 660. The van der Waals surface area contributed by atoms with Gasteiger partial charge in [-0.15, -0.1) is 11.8 Å². The van der Waals surface area contributed by atoms with Gasteiger partial charge in [0.15, 0.2) is 5.78 Å². The lowest BCUT2D eigenvalue weighted by molar-refractivity contribution is 0.101. The zero-order valence-corrected chi connectivity index (χ0v) is 13.7. The Labute approximate surface area is 135 Å². The van der Waals surface area contributed by atoms with Gasteiger partial charge in [-0.3, -0.25) is 9.59 Å². The number of hydrogen-bond donors (Lipinski definition) is 1. The number of rotatable bonds is 5. The third-order valence-corrected chi connectivity index (χ3v) is 4.05. The van der Waals surface area contributed by atoms with Crippen LogP contribution in [0.3, 0.4) is 0 Å². The summed E-state index contributed by atoms with van der Waals surface area (Å²) < 4.78 is 0. The first kappa shape index (κ1) is 16.3. The van der Waals surface area contributed by atoms with Gasteiger partial charge in [-0.05, 0) is 55.5 Å². The van der Waals surface area contributed by atoms with Crippen LogP contribution in [0.1, 0.15) is 41.5 Å². The SMILES string of the molecule is CC(=O)c1ccc(NC(=O)c2ccc(SC(C)C)cc2)cc1. The predicted octanol–water partition coefficient (Wildman–Crippen LogP) is 4.64. The molecule has 2 aromatic carbocycles. The Morgan fingerprint density at radius 1 is 0.909 bits per heavy atom. The van der Waals surface area contributed by atoms with Crippen molar-refractivity contribution in [1.82, 2.24) is 0 Å². The summed E-state index contributed by atoms with van der Waals surface area (Å²) in [5, 5.41) is 3.34. The number of anilines is 1. The summed E-state index contributed by atoms with van der Waals surface area (Å²) in [7, 11) is 0. The molecule has 0 aliphatic rings. The molecule has 0 atom stereocenters. The number of thioether (sulfide) groups is 1. The first-order chi connectivity index (χ1) is 10.5. The lowest BCUT2D eigenvalue weighted by atomic mass is 10.1. The van der Waals surface area contributed by atoms with E-state index in [1.807, 2.05) is 24.3 Å². The number of ketones is 1. The average molecular weight is 313 g/mol. The van der Waals surface area contributed by atoms with Crippen LogP contribution in [-0.4, -0.2) is 16.9 Å². The van der Waals surface area contributed by atoms with Gasteiger partial charge in [-0.25, -0.2) is 0 Å². The first-order valence-electron chi connectivity index (χ1n) is 7.15. The molecule has 2 rings (SSSR count). The number of carbonyl (C=O) groups is 2. The predicted molar refractivity (Wildman–Crippen MR) is 91.8 cm³/mol. The number of benzene rings is 2. The summed E-state index contributed by atoms with van der Waals surface area (Å²) in [4.78, 5) is 24.6. The first-order valence-corrected chi connectivity index (χ1v) is 8.03. The maximum atomic E-state index is 12.2. The second-order valence-electron chi connectivity index (χ2n) is 5.28. The number of hydrogen-bond acceptors (Lipinski definition) is 3. The molecule has 0 saturated carbocycles. The Hall–Kier alpha value is -2.07. The van der Waals surface area contributed by atoms with Crippen molar-refractivity contribution in [3.8, 4) is 0 Å². The highest BCUT2D eigenvalue weighted by atomic mass is 32.2. The van der Waals surface area contributed by atoms with Crippen LogP contribution in [0.2, 0.25) is 0 Å². The molecule has 2 aromatic rings. The number of nitrogens with one attached hydrogen (secondary N) is 1. The van der Waals surface area contributed by atoms with E-state index in [1.165, 1.54) is 6.92 Å². The normalized spacial score (nSPS) is 10.5. The minimum atomic E-state index is -0.156. The van der Waals surface area contributed by atoms with Crippen LogP contribution in [0.4, 0.5) is 5.69 Å². The lowest BCUT2D eigenvalue weighted by Crippen LogP contribution is -2.11. The Kier molecular flexibility index (Phi) is 5.39. The number of amides is 1. The van der Waals surface area contributed by atoms with Gasteiger partial charge in [0.2, 0.25) is 0 Å². The van der Waals surface area contributed by atoms with Crippen LogP contribution in [0.15, 0.2) is 53.4 Å². The van der Waals surface area contributed by atoms with E-state index in [4.69, 9.17) is 0 Å². The van der Waals surface area contributed by atoms with E-state index in [-0.39, 0.29) is 11.7 Å². The highest BCUT2D eigenvalue weighted by Crippen LogP contribution is 2.23. The molecular weight excluding hydrogens is 294 g/mol. The van der Waals surface area contributed by atoms with Crippen molar-refractivity contribution in [2.24, 2.45) is 0 Å². The molecule has 0 radical (unpaired) electrons. The third-order valence-electron chi connectivity index (χ3n) is 3.04. The number of carbonyl (C=O) groups excluding carboxylic acids is 2. The van der Waals surface area contributed by atoms with Gasteiger partial charge < -0.3 is 5.32 Å². The van der Waals surface area contributed by atoms with Crippen molar-refractivity contribution in [3.63, 3.8) is 0 Å². The molecule has 3 nitrogen and oxygen atoms in total. The van der Waals surface area contributed by atoms with Gasteiger partial charge in [0, 0.05) is 27.0 Å². The Balaban J connectivity index is 2.03. The summed E-state index contributed by atoms with van der Waals surface area (Å²) >= 11 is 1.76. The summed E-state index contributed by atoms with van der Waals surface area (Å²) in [5.41, 5.74) is 1.92. The minimum Gasteiger partial charge on any atom is -0.322 e. The van der Waals surface area contributed by atoms with Crippen LogP contribution in [0, 0.1) is 0 Å². The van der Waals surface area contributed by atoms with Crippen molar-refractivity contribution in [2.45, 2.75) is 30.9 Å². The minimum absolute atomic E-state index is 0.0103. The molecule has 1 amide bonds. The summed E-state index contributed by atoms with van der Waals surface area (Å²) in [6, 6.07) is 14.4. The van der Waals surface area contributed by atoms with Crippen LogP contribution in [0.5, 0.6) is 0 Å². The molecule has 0 saturated heterocycles. The molecule has 0 fully saturated rings. The Morgan fingerprint density at radius 2 is 1.45 bits per heavy atom. The molecule has 114 valence electrons. The number of Topliss-reactive ketones (excluding diaryl/α,β-unsaturated/α-hetero) is 1. The molecule has 22 heavy (non-hydrogen) atoms. The molecule has 1 N–H and O–H groups in total. The smallest absolute Gasteiger partial charge is 0.255 e. The largest absolute Gasteiger partial charge is 0.322 e. The van der Waals surface area contributed by atoms with Crippen molar-refractivity contribution < 1.29 is 9.59 Å². The van der Waals surface area contributed by atoms with E-state index >= 15 is 0 Å². The molecule has 0 aromatic heterocycles. The van der Waals surface area contributed by atoms with E-state index in [0.717, 1.165) is 4.90 Å². The highest BCUT2D eigenvalue weighted by molar-refractivity contribution is 7.99. The van der Waals surface area contributed by atoms with Crippen molar-refractivity contribution in [3.05, 3.63) is 59.7 Å². The molecule has 0 aliphatic carbocycles. The van der Waals surface area contributed by atoms with E-state index in [1.54, 1.807) is 36.0 Å². The van der Waals surface area contributed by atoms with E-state index in [2.05, 4.69) is 19.2 Å². The van der Waals surface area contributed by atoms with Crippen molar-refractivity contribution in [1.29, 1.82) is 0 Å². The quantitative estimate of drug-likeness (QED) is 0.646. The van der Waals surface area contributed by atoms with Gasteiger partial charge in [-0.2, -0.15) is 0 Å². The molecule has 0 unspecified atom stereocenters. The average Bonchev–Trinajstić information content (AvgIpc) is 2.48. The van der Waals surface area contributed by atoms with Gasteiger partial charge in [-0.1, -0.05) is 13.8 Å². The van der Waals surface area contributed by atoms with Crippen LogP contribution in [0.25, 0.3) is 0 Å². The summed E-state index contributed by atoms with van der Waals surface area (Å²) in [5.74, 6) is -0.146. The van der Waals surface area contributed by atoms with Gasteiger partial charge >= 0.3 is 0 Å². The molecule has 0 heterocycles. The van der Waals surface area contributed by atoms with Gasteiger partial charge in [0.1, 0.15) is 0 Å². The maximum Gasteiger partial charge on any atom is 0.255 e. The topological polar surface area (TPSA) is 46.2 Å². The third kappa shape index (κ3) is 4.46. The zero-order chi connectivity index (χ0) is 16.1. The standard InChI is InChI=1S/C18H19NO2S/c1-12(2)22-17-10-6-15(7-11-17)18(21)19-16-8-4-14(5-9-16)13(3)20/h4-12H,1-3H3,(H,19,21). The van der Waals surface area contributed by atoms with E-state index in [0.29, 0.717) is 22.1 Å². The van der Waals surface area contributed by atoms with Crippen LogP contribution >= 0.6 is 11.8 Å². The molecule has 0 bridgehead atoms. The van der Waals surface area contributed by atoms with E-state index in [9.17, 15) is 9.59 Å². The van der Waals surface area contributed by atoms with Gasteiger partial charge in [0.25, 0.3) is 5.91 Å². The molecule has 4 heteroatoms. The molecular formula is C18H19NO2S. The summed E-state index contributed by atoms with van der Waals surface area (Å²) in [6.45, 7) is 5.79. The van der Waals surface area contributed by atoms with Gasteiger partial charge in [0.05, 0.1) is 0 Å².